The van der Waals surface area contributed by atoms with Gasteiger partial charge in [-0.2, -0.15) is 0 Å². The SMILES string of the molecule is CCOC(CC)C(Cc1cccc(F)c1Br)NN. The third-order valence-electron chi connectivity index (χ3n) is 2.92. The van der Waals surface area contributed by atoms with E-state index < -0.39 is 0 Å². The Bertz CT molecular complexity index is 376. The lowest BCUT2D eigenvalue weighted by molar-refractivity contribution is 0.0319. The zero-order valence-electron chi connectivity index (χ0n) is 10.7. The third kappa shape index (κ3) is 4.02. The predicted molar refractivity (Wildman–Crippen MR) is 74.6 cm³/mol. The summed E-state index contributed by atoms with van der Waals surface area (Å²) >= 11 is 3.26. The Kier molecular flexibility index (Phi) is 6.78. The molecular weight excluding hydrogens is 299 g/mol. The molecule has 0 aliphatic rings. The van der Waals surface area contributed by atoms with Gasteiger partial charge in [0.2, 0.25) is 0 Å². The van der Waals surface area contributed by atoms with E-state index in [0.717, 1.165) is 12.0 Å². The van der Waals surface area contributed by atoms with Gasteiger partial charge in [0.1, 0.15) is 5.82 Å². The van der Waals surface area contributed by atoms with Crippen molar-refractivity contribution in [1.29, 1.82) is 0 Å². The van der Waals surface area contributed by atoms with Gasteiger partial charge in [0, 0.05) is 6.61 Å². The number of hydrazine groups is 1. The van der Waals surface area contributed by atoms with Crippen LogP contribution in [0.4, 0.5) is 4.39 Å². The molecule has 5 heteroatoms. The summed E-state index contributed by atoms with van der Waals surface area (Å²) in [6, 6.07) is 4.98. The number of hydrogen-bond acceptors (Lipinski definition) is 3. The molecule has 0 amide bonds. The minimum atomic E-state index is -0.257. The van der Waals surface area contributed by atoms with Crippen LogP contribution in [-0.2, 0) is 11.2 Å². The van der Waals surface area contributed by atoms with Crippen molar-refractivity contribution in [3.05, 3.63) is 34.1 Å². The monoisotopic (exact) mass is 318 g/mol. The minimum absolute atomic E-state index is 0.0233. The second-order valence-corrected chi connectivity index (χ2v) is 4.89. The highest BCUT2D eigenvalue weighted by Gasteiger charge is 2.21. The summed E-state index contributed by atoms with van der Waals surface area (Å²) in [7, 11) is 0. The molecule has 2 atom stereocenters. The van der Waals surface area contributed by atoms with Crippen molar-refractivity contribution in [1.82, 2.24) is 5.43 Å². The van der Waals surface area contributed by atoms with Crippen molar-refractivity contribution < 1.29 is 9.13 Å². The molecule has 2 unspecified atom stereocenters. The Morgan fingerprint density at radius 1 is 1.44 bits per heavy atom. The van der Waals surface area contributed by atoms with Crippen molar-refractivity contribution >= 4 is 15.9 Å². The van der Waals surface area contributed by atoms with Crippen molar-refractivity contribution in [3.63, 3.8) is 0 Å². The fourth-order valence-electron chi connectivity index (χ4n) is 1.97. The molecule has 1 rings (SSSR count). The van der Waals surface area contributed by atoms with Gasteiger partial charge in [-0.3, -0.25) is 11.3 Å². The molecule has 0 aliphatic carbocycles. The maximum Gasteiger partial charge on any atom is 0.137 e. The van der Waals surface area contributed by atoms with E-state index >= 15 is 0 Å². The van der Waals surface area contributed by atoms with Crippen molar-refractivity contribution in [3.8, 4) is 0 Å². The standard InChI is InChI=1S/C13H20BrFN2O/c1-3-12(18-4-2)11(17-16)8-9-6-5-7-10(15)13(9)14/h5-7,11-12,17H,3-4,8,16H2,1-2H3. The summed E-state index contributed by atoms with van der Waals surface area (Å²) in [5.41, 5.74) is 3.65. The van der Waals surface area contributed by atoms with E-state index in [1.165, 1.54) is 6.07 Å². The molecule has 1 aromatic carbocycles. The van der Waals surface area contributed by atoms with Gasteiger partial charge < -0.3 is 4.74 Å². The summed E-state index contributed by atoms with van der Waals surface area (Å²) in [5.74, 6) is 5.32. The van der Waals surface area contributed by atoms with Crippen LogP contribution in [0.25, 0.3) is 0 Å². The molecule has 0 saturated heterocycles. The Morgan fingerprint density at radius 3 is 2.72 bits per heavy atom. The molecule has 0 saturated carbocycles. The summed E-state index contributed by atoms with van der Waals surface area (Å²) in [6.45, 7) is 4.64. The van der Waals surface area contributed by atoms with Gasteiger partial charge in [-0.05, 0) is 47.3 Å². The molecular formula is C13H20BrFN2O. The van der Waals surface area contributed by atoms with E-state index in [0.29, 0.717) is 17.5 Å². The summed E-state index contributed by atoms with van der Waals surface area (Å²) < 4.78 is 19.6. The minimum Gasteiger partial charge on any atom is -0.377 e. The molecule has 0 spiro atoms. The molecule has 0 aliphatic heterocycles. The largest absolute Gasteiger partial charge is 0.377 e. The number of ether oxygens (including phenoxy) is 1. The molecule has 1 aromatic rings. The van der Waals surface area contributed by atoms with Crippen LogP contribution in [-0.4, -0.2) is 18.8 Å². The van der Waals surface area contributed by atoms with E-state index in [2.05, 4.69) is 21.4 Å². The fraction of sp³-hybridized carbons (Fsp3) is 0.538. The highest BCUT2D eigenvalue weighted by molar-refractivity contribution is 9.10. The molecule has 3 N–H and O–H groups in total. The van der Waals surface area contributed by atoms with E-state index in [4.69, 9.17) is 10.6 Å². The predicted octanol–water partition coefficient (Wildman–Crippen LogP) is 2.78. The van der Waals surface area contributed by atoms with Crippen LogP contribution in [0.5, 0.6) is 0 Å². The molecule has 0 aromatic heterocycles. The number of nitrogens with one attached hydrogen (secondary N) is 1. The van der Waals surface area contributed by atoms with E-state index in [9.17, 15) is 4.39 Å². The van der Waals surface area contributed by atoms with Gasteiger partial charge in [-0.25, -0.2) is 4.39 Å². The topological polar surface area (TPSA) is 47.3 Å². The van der Waals surface area contributed by atoms with Gasteiger partial charge in [0.05, 0.1) is 16.6 Å². The van der Waals surface area contributed by atoms with E-state index in [1.807, 2.05) is 19.9 Å². The first-order valence-electron chi connectivity index (χ1n) is 6.14. The maximum atomic E-state index is 13.4. The van der Waals surface area contributed by atoms with Crippen LogP contribution in [0.3, 0.4) is 0 Å². The van der Waals surface area contributed by atoms with Crippen LogP contribution in [0.1, 0.15) is 25.8 Å². The smallest absolute Gasteiger partial charge is 0.137 e. The lowest BCUT2D eigenvalue weighted by Gasteiger charge is -2.26. The highest BCUT2D eigenvalue weighted by Crippen LogP contribution is 2.22. The van der Waals surface area contributed by atoms with Crippen molar-refractivity contribution in [2.75, 3.05) is 6.61 Å². The average molecular weight is 319 g/mol. The lowest BCUT2D eigenvalue weighted by atomic mass is 10.00. The van der Waals surface area contributed by atoms with Crippen LogP contribution >= 0.6 is 15.9 Å². The molecule has 0 radical (unpaired) electrons. The van der Waals surface area contributed by atoms with Crippen LogP contribution in [0, 0.1) is 5.82 Å². The Hall–Kier alpha value is -0.490. The maximum absolute atomic E-state index is 13.4. The lowest BCUT2D eigenvalue weighted by Crippen LogP contribution is -2.46. The number of halogens is 2. The molecule has 102 valence electrons. The van der Waals surface area contributed by atoms with Gasteiger partial charge in [0.25, 0.3) is 0 Å². The number of nitrogens with two attached hydrogens (primary N) is 1. The number of hydrogen-bond donors (Lipinski definition) is 2. The Morgan fingerprint density at radius 2 is 2.17 bits per heavy atom. The van der Waals surface area contributed by atoms with Crippen LogP contribution < -0.4 is 11.3 Å². The van der Waals surface area contributed by atoms with Crippen LogP contribution in [0.2, 0.25) is 0 Å². The van der Waals surface area contributed by atoms with Gasteiger partial charge >= 0.3 is 0 Å². The quantitative estimate of drug-likeness (QED) is 0.600. The molecule has 0 bridgehead atoms. The number of rotatable bonds is 7. The van der Waals surface area contributed by atoms with Crippen LogP contribution in [0.15, 0.2) is 22.7 Å². The molecule has 0 heterocycles. The first-order chi connectivity index (χ1) is 8.63. The third-order valence-corrected chi connectivity index (χ3v) is 3.81. The molecule has 18 heavy (non-hydrogen) atoms. The van der Waals surface area contributed by atoms with E-state index in [-0.39, 0.29) is 18.0 Å². The van der Waals surface area contributed by atoms with Crippen molar-refractivity contribution in [2.24, 2.45) is 5.84 Å². The molecule has 3 nitrogen and oxygen atoms in total. The van der Waals surface area contributed by atoms with E-state index in [1.54, 1.807) is 6.07 Å². The Labute approximate surface area is 116 Å². The van der Waals surface area contributed by atoms with Crippen molar-refractivity contribution in [2.45, 2.75) is 38.8 Å². The van der Waals surface area contributed by atoms with Gasteiger partial charge in [0.15, 0.2) is 0 Å². The van der Waals surface area contributed by atoms with Gasteiger partial charge in [-0.1, -0.05) is 19.1 Å². The highest BCUT2D eigenvalue weighted by atomic mass is 79.9. The second-order valence-electron chi connectivity index (χ2n) is 4.09. The summed E-state index contributed by atoms with van der Waals surface area (Å²) in [6.07, 6.45) is 1.50. The first-order valence-corrected chi connectivity index (χ1v) is 6.93. The van der Waals surface area contributed by atoms with Gasteiger partial charge in [-0.15, -0.1) is 0 Å². The Balaban J connectivity index is 2.81. The zero-order valence-corrected chi connectivity index (χ0v) is 12.3. The summed E-state index contributed by atoms with van der Waals surface area (Å²) in [5, 5.41) is 0. The fourth-order valence-corrected chi connectivity index (χ4v) is 2.40. The second kappa shape index (κ2) is 7.84. The zero-order chi connectivity index (χ0) is 13.5. The number of benzene rings is 1. The first kappa shape index (κ1) is 15.6. The summed E-state index contributed by atoms with van der Waals surface area (Å²) in [4.78, 5) is 0. The normalized spacial score (nSPS) is 14.5. The average Bonchev–Trinajstić information content (AvgIpc) is 2.38. The molecule has 0 fully saturated rings.